The Labute approximate surface area is 189 Å². The van der Waals surface area contributed by atoms with Gasteiger partial charge in [-0.05, 0) is 60.2 Å². The van der Waals surface area contributed by atoms with Crippen molar-refractivity contribution in [2.45, 2.75) is 19.4 Å². The summed E-state index contributed by atoms with van der Waals surface area (Å²) in [4.78, 5) is 20.6. The van der Waals surface area contributed by atoms with Crippen LogP contribution in [0.2, 0.25) is 5.02 Å². The minimum Gasteiger partial charge on any atom is -0.441 e. The molecule has 1 amide bonds. The summed E-state index contributed by atoms with van der Waals surface area (Å²) in [5.41, 5.74) is 1.69. The number of halogens is 2. The molecular weight excluding hydrogens is 433 g/mol. The Kier molecular flexibility index (Phi) is 6.77. The number of aryl methyl sites for hydroxylation is 1. The van der Waals surface area contributed by atoms with Crippen molar-refractivity contribution < 1.29 is 18.3 Å². The zero-order valence-corrected chi connectivity index (χ0v) is 17.7. The highest BCUT2D eigenvalue weighted by Gasteiger charge is 2.10. The summed E-state index contributed by atoms with van der Waals surface area (Å²) in [6.07, 6.45) is 3.85. The smallest absolute Gasteiger partial charge is 0.220 e. The third-order valence-corrected chi connectivity index (χ3v) is 4.83. The summed E-state index contributed by atoms with van der Waals surface area (Å²) in [6.45, 7) is 0.322. The van der Waals surface area contributed by atoms with Gasteiger partial charge in [-0.2, -0.15) is 0 Å². The van der Waals surface area contributed by atoms with Crippen molar-refractivity contribution in [1.82, 2.24) is 15.3 Å². The Morgan fingerprint density at radius 1 is 1.06 bits per heavy atom. The van der Waals surface area contributed by atoms with Gasteiger partial charge in [0.2, 0.25) is 11.8 Å². The molecule has 0 radical (unpaired) electrons. The summed E-state index contributed by atoms with van der Waals surface area (Å²) >= 11 is 5.90. The molecule has 0 saturated carbocycles. The molecule has 6 nitrogen and oxygen atoms in total. The highest BCUT2D eigenvalue weighted by atomic mass is 35.5. The van der Waals surface area contributed by atoms with Crippen LogP contribution in [-0.2, 0) is 17.8 Å². The highest BCUT2D eigenvalue weighted by Crippen LogP contribution is 2.23. The Bertz CT molecular complexity index is 1190. The van der Waals surface area contributed by atoms with Gasteiger partial charge in [0.1, 0.15) is 11.6 Å². The first kappa shape index (κ1) is 21.5. The average Bonchev–Trinajstić information content (AvgIpc) is 3.28. The van der Waals surface area contributed by atoms with E-state index < -0.39 is 0 Å². The minimum absolute atomic E-state index is 0.131. The van der Waals surface area contributed by atoms with E-state index in [1.165, 1.54) is 24.3 Å². The van der Waals surface area contributed by atoms with Crippen LogP contribution in [0.4, 0.5) is 4.39 Å². The second-order valence-electron chi connectivity index (χ2n) is 6.96. The number of hydrogen-bond donors (Lipinski definition) is 1. The van der Waals surface area contributed by atoms with Gasteiger partial charge in [-0.3, -0.25) is 4.79 Å². The molecule has 0 aliphatic carbocycles. The highest BCUT2D eigenvalue weighted by molar-refractivity contribution is 6.30. The summed E-state index contributed by atoms with van der Waals surface area (Å²) in [6, 6.07) is 16.4. The Morgan fingerprint density at radius 3 is 2.62 bits per heavy atom. The van der Waals surface area contributed by atoms with E-state index in [1.54, 1.807) is 36.7 Å². The molecule has 0 aliphatic heterocycles. The van der Waals surface area contributed by atoms with Gasteiger partial charge < -0.3 is 14.5 Å². The van der Waals surface area contributed by atoms with Crippen molar-refractivity contribution in [3.63, 3.8) is 0 Å². The van der Waals surface area contributed by atoms with Gasteiger partial charge in [0.15, 0.2) is 11.7 Å². The van der Waals surface area contributed by atoms with Crippen LogP contribution >= 0.6 is 11.6 Å². The number of carbonyl (C=O) groups is 1. The van der Waals surface area contributed by atoms with Crippen LogP contribution in [0, 0.1) is 5.82 Å². The second-order valence-corrected chi connectivity index (χ2v) is 7.40. The number of amides is 1. The van der Waals surface area contributed by atoms with Crippen LogP contribution in [0.15, 0.2) is 77.5 Å². The fourth-order valence-electron chi connectivity index (χ4n) is 2.92. The lowest BCUT2D eigenvalue weighted by atomic mass is 10.2. The molecule has 0 spiro atoms. The van der Waals surface area contributed by atoms with Crippen molar-refractivity contribution in [1.29, 1.82) is 0 Å². The van der Waals surface area contributed by atoms with Crippen LogP contribution in [0.1, 0.15) is 17.9 Å². The maximum atomic E-state index is 13.0. The lowest BCUT2D eigenvalue weighted by Crippen LogP contribution is -2.23. The van der Waals surface area contributed by atoms with Crippen molar-refractivity contribution in [2.75, 3.05) is 0 Å². The quantitative estimate of drug-likeness (QED) is 0.379. The lowest BCUT2D eigenvalue weighted by Gasteiger charge is -2.08. The number of benzene rings is 2. The molecule has 8 heteroatoms. The van der Waals surface area contributed by atoms with E-state index in [0.29, 0.717) is 41.3 Å². The van der Waals surface area contributed by atoms with Crippen molar-refractivity contribution in [3.05, 3.63) is 95.4 Å². The first-order valence-corrected chi connectivity index (χ1v) is 10.3. The Morgan fingerprint density at radius 2 is 1.84 bits per heavy atom. The SMILES string of the molecule is O=C(CCc1ncc(-c2ccc(Cl)cc2)o1)NCc1ccnc(Oc2ccc(F)cc2)c1. The topological polar surface area (TPSA) is 77.3 Å². The van der Waals surface area contributed by atoms with E-state index >= 15 is 0 Å². The largest absolute Gasteiger partial charge is 0.441 e. The standard InChI is InChI=1S/C24H19ClFN3O3/c25-18-3-1-17(2-4-18)21-15-29-23(32-21)10-9-22(30)28-14-16-11-12-27-24(13-16)31-20-7-5-19(26)6-8-20/h1-8,11-13,15H,9-10,14H2,(H,28,30). The third kappa shape index (κ3) is 5.92. The fourth-order valence-corrected chi connectivity index (χ4v) is 3.05. The van der Waals surface area contributed by atoms with E-state index in [-0.39, 0.29) is 18.1 Å². The second kappa shape index (κ2) is 10.1. The zero-order valence-electron chi connectivity index (χ0n) is 16.9. The Hall–Kier alpha value is -3.71. The predicted molar refractivity (Wildman–Crippen MR) is 118 cm³/mol. The number of nitrogens with zero attached hydrogens (tertiary/aromatic N) is 2. The molecule has 0 atom stereocenters. The van der Waals surface area contributed by atoms with Crippen molar-refractivity contribution >= 4 is 17.5 Å². The molecule has 4 rings (SSSR count). The first-order chi connectivity index (χ1) is 15.5. The maximum absolute atomic E-state index is 13.0. The van der Waals surface area contributed by atoms with Gasteiger partial charge >= 0.3 is 0 Å². The van der Waals surface area contributed by atoms with Gasteiger partial charge in [0.25, 0.3) is 0 Å². The van der Waals surface area contributed by atoms with Gasteiger partial charge in [-0.15, -0.1) is 0 Å². The maximum Gasteiger partial charge on any atom is 0.220 e. The molecular formula is C24H19ClFN3O3. The van der Waals surface area contributed by atoms with E-state index in [2.05, 4.69) is 15.3 Å². The van der Waals surface area contributed by atoms with Crippen LogP contribution in [0.5, 0.6) is 11.6 Å². The molecule has 162 valence electrons. The van der Waals surface area contributed by atoms with E-state index in [9.17, 15) is 9.18 Å². The molecule has 0 bridgehead atoms. The summed E-state index contributed by atoms with van der Waals surface area (Å²) in [5, 5.41) is 3.50. The number of rotatable bonds is 8. The third-order valence-electron chi connectivity index (χ3n) is 4.57. The number of aromatic nitrogens is 2. The van der Waals surface area contributed by atoms with E-state index in [4.69, 9.17) is 20.8 Å². The van der Waals surface area contributed by atoms with Gasteiger partial charge in [-0.25, -0.2) is 14.4 Å². The predicted octanol–water partition coefficient (Wildman–Crippen LogP) is 5.57. The van der Waals surface area contributed by atoms with Gasteiger partial charge in [0.05, 0.1) is 6.20 Å². The fraction of sp³-hybridized carbons (Fsp3) is 0.125. The molecule has 4 aromatic rings. The Balaban J connectivity index is 1.26. The first-order valence-electron chi connectivity index (χ1n) is 9.91. The minimum atomic E-state index is -0.340. The van der Waals surface area contributed by atoms with Gasteiger partial charge in [0, 0.05) is 42.2 Å². The molecule has 2 aromatic heterocycles. The van der Waals surface area contributed by atoms with Gasteiger partial charge in [-0.1, -0.05) is 11.6 Å². The van der Waals surface area contributed by atoms with Crippen LogP contribution in [0.25, 0.3) is 11.3 Å². The van der Waals surface area contributed by atoms with Crippen LogP contribution < -0.4 is 10.1 Å². The molecule has 0 aliphatic rings. The summed E-state index contributed by atoms with van der Waals surface area (Å²) in [5.74, 6) is 1.48. The lowest BCUT2D eigenvalue weighted by molar-refractivity contribution is -0.121. The summed E-state index contributed by atoms with van der Waals surface area (Å²) in [7, 11) is 0. The monoisotopic (exact) mass is 451 g/mol. The summed E-state index contributed by atoms with van der Waals surface area (Å²) < 4.78 is 24.3. The molecule has 1 N–H and O–H groups in total. The number of pyridine rings is 1. The molecule has 32 heavy (non-hydrogen) atoms. The van der Waals surface area contributed by atoms with Crippen molar-refractivity contribution in [2.24, 2.45) is 0 Å². The number of nitrogens with one attached hydrogen (secondary N) is 1. The molecule has 0 fully saturated rings. The zero-order chi connectivity index (χ0) is 22.3. The molecule has 2 heterocycles. The van der Waals surface area contributed by atoms with Crippen LogP contribution in [-0.4, -0.2) is 15.9 Å². The number of carbonyl (C=O) groups excluding carboxylic acids is 1. The normalized spacial score (nSPS) is 10.7. The molecule has 2 aromatic carbocycles. The average molecular weight is 452 g/mol. The number of oxazole rings is 1. The number of hydrogen-bond acceptors (Lipinski definition) is 5. The molecule has 0 saturated heterocycles. The van der Waals surface area contributed by atoms with Crippen molar-refractivity contribution in [3.8, 4) is 23.0 Å². The van der Waals surface area contributed by atoms with Crippen LogP contribution in [0.3, 0.4) is 0 Å². The molecule has 0 unspecified atom stereocenters. The van der Waals surface area contributed by atoms with E-state index in [0.717, 1.165) is 11.1 Å². The van der Waals surface area contributed by atoms with E-state index in [1.807, 2.05) is 12.1 Å². The number of ether oxygens (including phenoxy) is 1.